The van der Waals surface area contributed by atoms with E-state index in [2.05, 4.69) is 0 Å². The highest BCUT2D eigenvalue weighted by Crippen LogP contribution is 2.29. The molecule has 1 amide bonds. The second-order valence-corrected chi connectivity index (χ2v) is 6.02. The number of nitrogens with zero attached hydrogens (tertiary/aromatic N) is 1. The first-order chi connectivity index (χ1) is 12.3. The van der Waals surface area contributed by atoms with Gasteiger partial charge in [-0.15, -0.1) is 0 Å². The first-order valence-electron chi connectivity index (χ1n) is 8.15. The molecule has 0 saturated carbocycles. The summed E-state index contributed by atoms with van der Waals surface area (Å²) in [7, 11) is 0. The lowest BCUT2D eigenvalue weighted by molar-refractivity contribution is -0.137. The minimum atomic E-state index is -4.38. The molecule has 1 heterocycles. The van der Waals surface area contributed by atoms with E-state index in [1.54, 1.807) is 29.2 Å². The molecule has 1 fully saturated rings. The molecule has 0 bridgehead atoms. The fourth-order valence-electron chi connectivity index (χ4n) is 2.80. The van der Waals surface area contributed by atoms with Crippen molar-refractivity contribution in [3.8, 4) is 0 Å². The molecule has 3 nitrogen and oxygen atoms in total. The number of hydrogen-bond acceptors (Lipinski definition) is 2. The number of amides is 1. The Bertz CT molecular complexity index is 854. The molecule has 0 radical (unpaired) electrons. The Hall–Kier alpha value is -2.89. The number of ketones is 1. The second kappa shape index (κ2) is 7.15. The summed E-state index contributed by atoms with van der Waals surface area (Å²) in [6.07, 6.45) is -0.300. The highest BCUT2D eigenvalue weighted by Gasteiger charge is 2.29. The summed E-state index contributed by atoms with van der Waals surface area (Å²) in [5.41, 5.74) is 0.868. The first kappa shape index (κ1) is 17.9. The zero-order valence-corrected chi connectivity index (χ0v) is 13.8. The summed E-state index contributed by atoms with van der Waals surface area (Å²) in [6.45, 7) is 0.637. The van der Waals surface area contributed by atoms with Crippen molar-refractivity contribution in [1.82, 2.24) is 0 Å². The van der Waals surface area contributed by atoms with Gasteiger partial charge in [0.15, 0.2) is 5.78 Å². The second-order valence-electron chi connectivity index (χ2n) is 6.02. The molecule has 0 spiro atoms. The van der Waals surface area contributed by atoms with Crippen LogP contribution in [0.4, 0.5) is 18.9 Å². The van der Waals surface area contributed by atoms with E-state index in [0.717, 1.165) is 18.6 Å². The molecular formula is C20H16F3NO2. The van der Waals surface area contributed by atoms with Crippen molar-refractivity contribution in [3.05, 3.63) is 71.3 Å². The largest absolute Gasteiger partial charge is 0.416 e. The van der Waals surface area contributed by atoms with Gasteiger partial charge in [-0.2, -0.15) is 13.2 Å². The van der Waals surface area contributed by atoms with Gasteiger partial charge in [0.2, 0.25) is 5.91 Å². The van der Waals surface area contributed by atoms with Gasteiger partial charge in [-0.3, -0.25) is 9.59 Å². The van der Waals surface area contributed by atoms with Crippen LogP contribution in [0.15, 0.2) is 54.6 Å². The fourth-order valence-corrected chi connectivity index (χ4v) is 2.80. The van der Waals surface area contributed by atoms with E-state index in [-0.39, 0.29) is 11.7 Å². The van der Waals surface area contributed by atoms with Gasteiger partial charge in [-0.1, -0.05) is 30.3 Å². The summed E-state index contributed by atoms with van der Waals surface area (Å²) in [4.78, 5) is 25.8. The zero-order chi connectivity index (χ0) is 18.7. The molecule has 0 aliphatic carbocycles. The molecule has 1 aliphatic heterocycles. The van der Waals surface area contributed by atoms with Gasteiger partial charge in [-0.05, 0) is 42.3 Å². The monoisotopic (exact) mass is 359 g/mol. The van der Waals surface area contributed by atoms with Crippen molar-refractivity contribution in [2.75, 3.05) is 11.4 Å². The maximum Gasteiger partial charge on any atom is 0.416 e. The highest BCUT2D eigenvalue weighted by atomic mass is 19.4. The molecular weight excluding hydrogens is 343 g/mol. The minimum absolute atomic E-state index is 0.0369. The fraction of sp³-hybridized carbons (Fsp3) is 0.200. The third-order valence-corrected chi connectivity index (χ3v) is 4.18. The van der Waals surface area contributed by atoms with Crippen LogP contribution in [0.1, 0.15) is 34.3 Å². The quantitative estimate of drug-likeness (QED) is 0.585. The lowest BCUT2D eigenvalue weighted by atomic mass is 10.1. The number of rotatable bonds is 4. The van der Waals surface area contributed by atoms with Crippen LogP contribution in [-0.4, -0.2) is 18.2 Å². The van der Waals surface area contributed by atoms with Crippen LogP contribution in [0, 0.1) is 0 Å². The molecule has 0 N–H and O–H groups in total. The van der Waals surface area contributed by atoms with Gasteiger partial charge in [0.05, 0.1) is 5.56 Å². The van der Waals surface area contributed by atoms with Crippen LogP contribution in [-0.2, 0) is 11.0 Å². The normalized spacial score (nSPS) is 15.0. The molecule has 0 atom stereocenters. The Balaban J connectivity index is 1.73. The average molecular weight is 359 g/mol. The maximum absolute atomic E-state index is 12.5. The molecule has 1 aliphatic rings. The molecule has 26 heavy (non-hydrogen) atoms. The van der Waals surface area contributed by atoms with Crippen LogP contribution in [0.3, 0.4) is 0 Å². The number of benzene rings is 2. The molecule has 6 heteroatoms. The lowest BCUT2D eigenvalue weighted by Crippen LogP contribution is -2.23. The maximum atomic E-state index is 12.5. The smallest absolute Gasteiger partial charge is 0.312 e. The standard InChI is InChI=1S/C20H16F3NO2/c21-20(22,23)16-9-6-14(7-10-16)8-11-18(25)15-3-1-4-17(13-15)24-12-2-5-19(24)26/h1,3-4,6-11,13H,2,5,12H2/b11-8+. The van der Waals surface area contributed by atoms with Crippen LogP contribution < -0.4 is 4.90 Å². The van der Waals surface area contributed by atoms with Crippen molar-refractivity contribution in [2.24, 2.45) is 0 Å². The number of halogens is 3. The van der Waals surface area contributed by atoms with E-state index >= 15 is 0 Å². The predicted molar refractivity (Wildman–Crippen MR) is 92.8 cm³/mol. The van der Waals surface area contributed by atoms with Crippen molar-refractivity contribution < 1.29 is 22.8 Å². The Morgan fingerprint density at radius 3 is 2.42 bits per heavy atom. The summed E-state index contributed by atoms with van der Waals surface area (Å²) in [5, 5.41) is 0. The highest BCUT2D eigenvalue weighted by molar-refractivity contribution is 6.08. The van der Waals surface area contributed by atoms with Crippen molar-refractivity contribution >= 4 is 23.5 Å². The van der Waals surface area contributed by atoms with Gasteiger partial charge in [-0.25, -0.2) is 0 Å². The number of alkyl halides is 3. The molecule has 134 valence electrons. The van der Waals surface area contributed by atoms with Gasteiger partial charge >= 0.3 is 6.18 Å². The van der Waals surface area contributed by atoms with E-state index in [4.69, 9.17) is 0 Å². The summed E-state index contributed by atoms with van der Waals surface area (Å²) < 4.78 is 37.6. The van der Waals surface area contributed by atoms with E-state index in [1.165, 1.54) is 24.3 Å². The minimum Gasteiger partial charge on any atom is -0.312 e. The summed E-state index contributed by atoms with van der Waals surface area (Å²) in [6, 6.07) is 11.4. The third kappa shape index (κ3) is 4.02. The zero-order valence-electron chi connectivity index (χ0n) is 13.8. The van der Waals surface area contributed by atoms with Gasteiger partial charge in [0.1, 0.15) is 0 Å². The Labute approximate surface area is 148 Å². The predicted octanol–water partition coefficient (Wildman–Crippen LogP) is 4.73. The van der Waals surface area contributed by atoms with E-state index < -0.39 is 11.7 Å². The molecule has 3 rings (SSSR count). The van der Waals surface area contributed by atoms with Crippen LogP contribution in [0.5, 0.6) is 0 Å². The Morgan fingerprint density at radius 1 is 1.08 bits per heavy atom. The number of allylic oxidation sites excluding steroid dienone is 1. The van der Waals surface area contributed by atoms with Crippen LogP contribution in [0.2, 0.25) is 0 Å². The van der Waals surface area contributed by atoms with Crippen LogP contribution >= 0.6 is 0 Å². The van der Waals surface area contributed by atoms with Gasteiger partial charge < -0.3 is 4.90 Å². The Morgan fingerprint density at radius 2 is 1.81 bits per heavy atom. The van der Waals surface area contributed by atoms with E-state index in [9.17, 15) is 22.8 Å². The number of carbonyl (C=O) groups is 2. The molecule has 2 aromatic carbocycles. The molecule has 1 saturated heterocycles. The molecule has 0 aromatic heterocycles. The Kier molecular flexibility index (Phi) is 4.93. The summed E-state index contributed by atoms with van der Waals surface area (Å²) >= 11 is 0. The van der Waals surface area contributed by atoms with E-state index in [0.29, 0.717) is 29.8 Å². The first-order valence-corrected chi connectivity index (χ1v) is 8.15. The SMILES string of the molecule is O=C(/C=C/c1ccc(C(F)(F)F)cc1)c1cccc(N2CCCC2=O)c1. The van der Waals surface area contributed by atoms with Crippen molar-refractivity contribution in [3.63, 3.8) is 0 Å². The number of hydrogen-bond donors (Lipinski definition) is 0. The van der Waals surface area contributed by atoms with E-state index in [1.807, 2.05) is 0 Å². The van der Waals surface area contributed by atoms with Gasteiger partial charge in [0, 0.05) is 24.2 Å². The number of anilines is 1. The molecule has 0 unspecified atom stereocenters. The van der Waals surface area contributed by atoms with Crippen molar-refractivity contribution in [1.29, 1.82) is 0 Å². The lowest BCUT2D eigenvalue weighted by Gasteiger charge is -2.16. The topological polar surface area (TPSA) is 37.4 Å². The third-order valence-electron chi connectivity index (χ3n) is 4.18. The van der Waals surface area contributed by atoms with Gasteiger partial charge in [0.25, 0.3) is 0 Å². The number of carbonyl (C=O) groups excluding carboxylic acids is 2. The average Bonchev–Trinajstić information content (AvgIpc) is 3.05. The summed E-state index contributed by atoms with van der Waals surface area (Å²) in [5.74, 6) is -0.242. The van der Waals surface area contributed by atoms with Crippen molar-refractivity contribution in [2.45, 2.75) is 19.0 Å². The van der Waals surface area contributed by atoms with Crippen LogP contribution in [0.25, 0.3) is 6.08 Å². The molecule has 2 aromatic rings.